The van der Waals surface area contributed by atoms with E-state index in [1.165, 1.54) is 7.11 Å². The molecule has 3 rings (SSSR count). The molecule has 2 aromatic heterocycles. The van der Waals surface area contributed by atoms with Crippen LogP contribution >= 0.6 is 11.3 Å². The number of benzene rings is 1. The van der Waals surface area contributed by atoms with E-state index in [9.17, 15) is 4.79 Å². The van der Waals surface area contributed by atoms with Gasteiger partial charge in [-0.2, -0.15) is 0 Å². The highest BCUT2D eigenvalue weighted by molar-refractivity contribution is 7.17. The fourth-order valence-corrected chi connectivity index (χ4v) is 3.91. The highest BCUT2D eigenvalue weighted by Crippen LogP contribution is 2.37. The number of hydrazine groups is 1. The number of thiazole rings is 1. The first-order valence-corrected chi connectivity index (χ1v) is 10.2. The maximum absolute atomic E-state index is 11.4. The zero-order valence-corrected chi connectivity index (χ0v) is 17.5. The second kappa shape index (κ2) is 9.64. The summed E-state index contributed by atoms with van der Waals surface area (Å²) in [6, 6.07) is 7.86. The highest BCUT2D eigenvalue weighted by atomic mass is 32.1. The van der Waals surface area contributed by atoms with Crippen molar-refractivity contribution in [2.24, 2.45) is 11.8 Å². The highest BCUT2D eigenvalue weighted by Gasteiger charge is 2.14. The molecule has 0 aliphatic carbocycles. The zero-order chi connectivity index (χ0) is 20.8. The summed E-state index contributed by atoms with van der Waals surface area (Å²) in [5.74, 6) is 7.00. The number of amides is 1. The third kappa shape index (κ3) is 5.20. The Hall–Kier alpha value is -2.75. The topological polar surface area (TPSA) is 111 Å². The standard InChI is InChI=1S/C20H25N5O3S/c1-12(8-13(2)25-21)10-28-16-5-4-15(19-18(16)23-11-29-19)14-6-7-22-17(9-14)24-20(26)27-3/h4-7,9,11-13,25H,8,10,21H2,1-3H3,(H,22,24,26). The van der Waals surface area contributed by atoms with Gasteiger partial charge in [0.2, 0.25) is 0 Å². The van der Waals surface area contributed by atoms with Gasteiger partial charge in [-0.15, -0.1) is 11.3 Å². The normalized spacial score (nSPS) is 13.1. The lowest BCUT2D eigenvalue weighted by atomic mass is 10.0. The molecular formula is C20H25N5O3S. The van der Waals surface area contributed by atoms with Crippen molar-refractivity contribution in [2.45, 2.75) is 26.3 Å². The van der Waals surface area contributed by atoms with E-state index >= 15 is 0 Å². The average molecular weight is 416 g/mol. The molecule has 0 saturated heterocycles. The Morgan fingerprint density at radius 1 is 1.28 bits per heavy atom. The van der Waals surface area contributed by atoms with Crippen molar-refractivity contribution < 1.29 is 14.3 Å². The van der Waals surface area contributed by atoms with Crippen molar-refractivity contribution in [3.8, 4) is 16.9 Å². The van der Waals surface area contributed by atoms with E-state index < -0.39 is 6.09 Å². The van der Waals surface area contributed by atoms with Gasteiger partial charge in [0.25, 0.3) is 0 Å². The fraction of sp³-hybridized carbons (Fsp3) is 0.350. The molecule has 0 aliphatic rings. The van der Waals surface area contributed by atoms with Crippen LogP contribution in [0, 0.1) is 5.92 Å². The molecule has 0 radical (unpaired) electrons. The molecule has 2 atom stereocenters. The summed E-state index contributed by atoms with van der Waals surface area (Å²) in [5, 5.41) is 2.58. The largest absolute Gasteiger partial charge is 0.491 e. The number of fused-ring (bicyclic) bond motifs is 1. The number of nitrogens with zero attached hydrogens (tertiary/aromatic N) is 2. The predicted octanol–water partition coefficient (Wildman–Crippen LogP) is 3.79. The van der Waals surface area contributed by atoms with E-state index in [1.807, 2.05) is 25.1 Å². The predicted molar refractivity (Wildman–Crippen MR) is 115 cm³/mol. The van der Waals surface area contributed by atoms with Crippen LogP contribution in [0.2, 0.25) is 0 Å². The molecular weight excluding hydrogens is 390 g/mol. The van der Waals surface area contributed by atoms with Crippen LogP contribution in [0.1, 0.15) is 20.3 Å². The molecule has 1 amide bonds. The Kier molecular flexibility index (Phi) is 6.97. The molecule has 8 nitrogen and oxygen atoms in total. The molecule has 0 fully saturated rings. The van der Waals surface area contributed by atoms with E-state index in [4.69, 9.17) is 10.6 Å². The van der Waals surface area contributed by atoms with E-state index in [0.717, 1.165) is 33.5 Å². The number of ether oxygens (including phenoxy) is 2. The number of hydrogen-bond donors (Lipinski definition) is 3. The maximum Gasteiger partial charge on any atom is 0.412 e. The number of rotatable bonds is 8. The third-order valence-corrected chi connectivity index (χ3v) is 5.36. The summed E-state index contributed by atoms with van der Waals surface area (Å²) in [4.78, 5) is 20.1. The SMILES string of the molecule is COC(=O)Nc1cc(-c2ccc(OCC(C)CC(C)NN)c3ncsc23)ccn1. The minimum absolute atomic E-state index is 0.231. The molecule has 154 valence electrons. The minimum atomic E-state index is -0.561. The number of carbonyl (C=O) groups is 1. The Labute approximate surface area is 173 Å². The molecule has 0 aliphatic heterocycles. The lowest BCUT2D eigenvalue weighted by molar-refractivity contribution is 0.187. The monoisotopic (exact) mass is 415 g/mol. The van der Waals surface area contributed by atoms with E-state index in [2.05, 4.69) is 32.4 Å². The molecule has 2 heterocycles. The van der Waals surface area contributed by atoms with Crippen molar-refractivity contribution in [1.29, 1.82) is 0 Å². The van der Waals surface area contributed by atoms with Crippen LogP contribution in [-0.2, 0) is 4.74 Å². The molecule has 3 aromatic rings. The van der Waals surface area contributed by atoms with Crippen molar-refractivity contribution in [3.63, 3.8) is 0 Å². The molecule has 0 bridgehead atoms. The quantitative estimate of drug-likeness (QED) is 0.379. The molecule has 0 saturated carbocycles. The van der Waals surface area contributed by atoms with Gasteiger partial charge in [0, 0.05) is 17.8 Å². The van der Waals surface area contributed by atoms with Crippen LogP contribution in [-0.4, -0.2) is 35.8 Å². The average Bonchev–Trinajstić information content (AvgIpc) is 3.22. The zero-order valence-electron chi connectivity index (χ0n) is 16.6. The molecule has 1 aromatic carbocycles. The number of carbonyl (C=O) groups excluding carboxylic acids is 1. The van der Waals surface area contributed by atoms with Crippen LogP contribution in [0.25, 0.3) is 21.3 Å². The summed E-state index contributed by atoms with van der Waals surface area (Å²) in [7, 11) is 1.31. The first kappa shape index (κ1) is 21.0. The molecule has 0 spiro atoms. The lowest BCUT2D eigenvalue weighted by Gasteiger charge is -2.17. The van der Waals surface area contributed by atoms with Crippen LogP contribution in [0.15, 0.2) is 36.0 Å². The number of nitrogens with two attached hydrogens (primary N) is 1. The van der Waals surface area contributed by atoms with Gasteiger partial charge in [-0.05, 0) is 49.1 Å². The number of anilines is 1. The number of methoxy groups -OCH3 is 1. The smallest absolute Gasteiger partial charge is 0.412 e. The van der Waals surface area contributed by atoms with Gasteiger partial charge < -0.3 is 9.47 Å². The Morgan fingerprint density at radius 2 is 2.10 bits per heavy atom. The second-order valence-corrected chi connectivity index (χ2v) is 7.76. The van der Waals surface area contributed by atoms with Gasteiger partial charge in [-0.1, -0.05) is 6.92 Å². The lowest BCUT2D eigenvalue weighted by Crippen LogP contribution is -2.34. The minimum Gasteiger partial charge on any atom is -0.491 e. The Balaban J connectivity index is 1.82. The molecule has 2 unspecified atom stereocenters. The van der Waals surface area contributed by atoms with Crippen molar-refractivity contribution >= 4 is 33.5 Å². The van der Waals surface area contributed by atoms with E-state index in [0.29, 0.717) is 18.3 Å². The summed E-state index contributed by atoms with van der Waals surface area (Å²) in [5.41, 5.74) is 7.31. The van der Waals surface area contributed by atoms with Gasteiger partial charge >= 0.3 is 6.09 Å². The Morgan fingerprint density at radius 3 is 2.86 bits per heavy atom. The van der Waals surface area contributed by atoms with Gasteiger partial charge in [-0.3, -0.25) is 16.6 Å². The van der Waals surface area contributed by atoms with Crippen LogP contribution < -0.4 is 21.3 Å². The van der Waals surface area contributed by atoms with Crippen LogP contribution in [0.5, 0.6) is 5.75 Å². The first-order valence-electron chi connectivity index (χ1n) is 9.28. The number of aromatic nitrogens is 2. The summed E-state index contributed by atoms with van der Waals surface area (Å²) < 4.78 is 11.7. The van der Waals surface area contributed by atoms with Crippen molar-refractivity contribution in [1.82, 2.24) is 15.4 Å². The third-order valence-electron chi connectivity index (χ3n) is 4.50. The summed E-state index contributed by atoms with van der Waals surface area (Å²) in [6.07, 6.45) is 2.00. The van der Waals surface area contributed by atoms with Crippen molar-refractivity contribution in [3.05, 3.63) is 36.0 Å². The van der Waals surface area contributed by atoms with Gasteiger partial charge in [0.1, 0.15) is 17.1 Å². The maximum atomic E-state index is 11.4. The fourth-order valence-electron chi connectivity index (χ4n) is 3.06. The first-order chi connectivity index (χ1) is 14.0. The number of pyridine rings is 1. The van der Waals surface area contributed by atoms with Gasteiger partial charge in [0.15, 0.2) is 0 Å². The summed E-state index contributed by atoms with van der Waals surface area (Å²) >= 11 is 1.55. The van der Waals surface area contributed by atoms with Gasteiger partial charge in [0.05, 0.1) is 23.9 Å². The van der Waals surface area contributed by atoms with E-state index in [-0.39, 0.29) is 6.04 Å². The van der Waals surface area contributed by atoms with E-state index in [1.54, 1.807) is 29.1 Å². The summed E-state index contributed by atoms with van der Waals surface area (Å²) in [6.45, 7) is 4.76. The second-order valence-electron chi connectivity index (χ2n) is 6.91. The number of hydrogen-bond acceptors (Lipinski definition) is 8. The molecule has 29 heavy (non-hydrogen) atoms. The molecule has 9 heteroatoms. The molecule has 4 N–H and O–H groups in total. The van der Waals surface area contributed by atoms with Crippen LogP contribution in [0.3, 0.4) is 0 Å². The number of nitrogens with one attached hydrogen (secondary N) is 2. The van der Waals surface area contributed by atoms with Gasteiger partial charge in [-0.25, -0.2) is 14.8 Å². The Bertz CT molecular complexity index is 978. The van der Waals surface area contributed by atoms with Crippen LogP contribution in [0.4, 0.5) is 10.6 Å². The van der Waals surface area contributed by atoms with Crippen molar-refractivity contribution in [2.75, 3.05) is 19.0 Å².